The summed E-state index contributed by atoms with van der Waals surface area (Å²) in [5, 5.41) is 3.56. The van der Waals surface area contributed by atoms with E-state index in [-0.39, 0.29) is 11.9 Å². The number of nitrogens with one attached hydrogen (secondary N) is 1. The van der Waals surface area contributed by atoms with Crippen molar-refractivity contribution in [3.63, 3.8) is 0 Å². The topological polar surface area (TPSA) is 15.3 Å². The van der Waals surface area contributed by atoms with Gasteiger partial charge in [0.1, 0.15) is 5.82 Å². The first-order chi connectivity index (χ1) is 9.66. The lowest BCUT2D eigenvalue weighted by Gasteiger charge is -2.27. The van der Waals surface area contributed by atoms with Gasteiger partial charge in [0.25, 0.3) is 0 Å². The molecule has 2 unspecified atom stereocenters. The third-order valence-electron chi connectivity index (χ3n) is 4.01. The minimum Gasteiger partial charge on any atom is -0.315 e. The zero-order valence-corrected chi connectivity index (χ0v) is 12.5. The summed E-state index contributed by atoms with van der Waals surface area (Å²) in [5.41, 5.74) is 1.03. The highest BCUT2D eigenvalue weighted by atomic mass is 19.1. The fraction of sp³-hybridized carbons (Fsp3) is 0.529. The summed E-state index contributed by atoms with van der Waals surface area (Å²) in [6.45, 7) is 1.90. The smallest absolute Gasteiger partial charge is 0.123 e. The van der Waals surface area contributed by atoms with Gasteiger partial charge in [0.2, 0.25) is 0 Å². The van der Waals surface area contributed by atoms with Gasteiger partial charge in [-0.05, 0) is 63.5 Å². The van der Waals surface area contributed by atoms with Gasteiger partial charge >= 0.3 is 0 Å². The lowest BCUT2D eigenvalue weighted by atomic mass is 9.94. The zero-order valence-electron chi connectivity index (χ0n) is 12.5. The quantitative estimate of drug-likeness (QED) is 0.801. The van der Waals surface area contributed by atoms with Crippen LogP contribution in [-0.4, -0.2) is 32.1 Å². The standard InChI is InChI=1S/C17H25FN2/c1-20(2)17(15-9-6-10-16(18)11-15)13-19-12-14-7-4-3-5-8-14/h3-4,6,9-11,14,17,19H,5,7-8,12-13H2,1-2H3. The van der Waals surface area contributed by atoms with Crippen LogP contribution in [0.1, 0.15) is 30.9 Å². The molecule has 0 saturated heterocycles. The molecule has 1 N–H and O–H groups in total. The fourth-order valence-corrected chi connectivity index (χ4v) is 2.78. The predicted octanol–water partition coefficient (Wildman–Crippen LogP) is 3.37. The Labute approximate surface area is 121 Å². The van der Waals surface area contributed by atoms with Crippen LogP contribution in [0, 0.1) is 11.7 Å². The summed E-state index contributed by atoms with van der Waals surface area (Å²) in [4.78, 5) is 2.14. The lowest BCUT2D eigenvalue weighted by Crippen LogP contribution is -2.33. The van der Waals surface area contributed by atoms with Gasteiger partial charge in [0.15, 0.2) is 0 Å². The van der Waals surface area contributed by atoms with Crippen molar-refractivity contribution in [1.82, 2.24) is 10.2 Å². The van der Waals surface area contributed by atoms with Gasteiger partial charge in [-0.3, -0.25) is 0 Å². The number of benzene rings is 1. The molecule has 2 rings (SSSR count). The van der Waals surface area contributed by atoms with E-state index in [9.17, 15) is 4.39 Å². The van der Waals surface area contributed by atoms with Crippen molar-refractivity contribution in [2.24, 2.45) is 5.92 Å². The van der Waals surface area contributed by atoms with Crippen LogP contribution >= 0.6 is 0 Å². The maximum atomic E-state index is 13.4. The van der Waals surface area contributed by atoms with Crippen LogP contribution in [0.2, 0.25) is 0 Å². The molecule has 0 bridgehead atoms. The molecule has 0 saturated carbocycles. The van der Waals surface area contributed by atoms with Gasteiger partial charge < -0.3 is 10.2 Å². The molecule has 20 heavy (non-hydrogen) atoms. The van der Waals surface area contributed by atoms with Gasteiger partial charge in [-0.15, -0.1) is 0 Å². The first-order valence-corrected chi connectivity index (χ1v) is 7.44. The normalized spacial score (nSPS) is 20.3. The molecule has 3 heteroatoms. The van der Waals surface area contributed by atoms with Crippen molar-refractivity contribution in [1.29, 1.82) is 0 Å². The number of allylic oxidation sites excluding steroid dienone is 2. The molecule has 1 aliphatic carbocycles. The third-order valence-corrected chi connectivity index (χ3v) is 4.01. The second-order valence-electron chi connectivity index (χ2n) is 5.84. The maximum Gasteiger partial charge on any atom is 0.123 e. The van der Waals surface area contributed by atoms with E-state index in [0.29, 0.717) is 0 Å². The van der Waals surface area contributed by atoms with Gasteiger partial charge in [0, 0.05) is 12.6 Å². The Morgan fingerprint density at radius 3 is 2.85 bits per heavy atom. The van der Waals surface area contributed by atoms with E-state index < -0.39 is 0 Å². The Bertz CT molecular complexity index is 442. The Morgan fingerprint density at radius 1 is 1.35 bits per heavy atom. The molecule has 0 aromatic heterocycles. The molecule has 1 aromatic rings. The predicted molar refractivity (Wildman–Crippen MR) is 82.2 cm³/mol. The molecule has 0 aliphatic heterocycles. The number of nitrogens with zero attached hydrogens (tertiary/aromatic N) is 1. The molecule has 2 nitrogen and oxygen atoms in total. The SMILES string of the molecule is CN(C)C(CNCC1CC=CCC1)c1cccc(F)c1. The van der Waals surface area contributed by atoms with Crippen LogP contribution in [0.5, 0.6) is 0 Å². The molecule has 0 amide bonds. The monoisotopic (exact) mass is 276 g/mol. The van der Waals surface area contributed by atoms with Gasteiger partial charge in [-0.2, -0.15) is 0 Å². The number of halogens is 1. The minimum absolute atomic E-state index is 0.160. The summed E-state index contributed by atoms with van der Waals surface area (Å²) in [7, 11) is 4.08. The van der Waals surface area contributed by atoms with Gasteiger partial charge in [0.05, 0.1) is 0 Å². The van der Waals surface area contributed by atoms with Crippen LogP contribution < -0.4 is 5.32 Å². The van der Waals surface area contributed by atoms with Crippen molar-refractivity contribution < 1.29 is 4.39 Å². The first kappa shape index (κ1) is 15.2. The molecule has 0 radical (unpaired) electrons. The Kier molecular flexibility index (Phi) is 5.74. The van der Waals surface area contributed by atoms with E-state index in [2.05, 4.69) is 22.4 Å². The Morgan fingerprint density at radius 2 is 2.20 bits per heavy atom. The van der Waals surface area contributed by atoms with Gasteiger partial charge in [-0.25, -0.2) is 4.39 Å². The van der Waals surface area contributed by atoms with E-state index >= 15 is 0 Å². The highest BCUT2D eigenvalue weighted by molar-refractivity contribution is 5.20. The molecule has 0 spiro atoms. The summed E-state index contributed by atoms with van der Waals surface area (Å²) in [6, 6.07) is 7.13. The van der Waals surface area contributed by atoms with Crippen LogP contribution in [-0.2, 0) is 0 Å². The summed E-state index contributed by atoms with van der Waals surface area (Å²) >= 11 is 0. The number of hydrogen-bond donors (Lipinski definition) is 1. The fourth-order valence-electron chi connectivity index (χ4n) is 2.78. The van der Waals surface area contributed by atoms with E-state index in [0.717, 1.165) is 24.6 Å². The van der Waals surface area contributed by atoms with Crippen LogP contribution in [0.25, 0.3) is 0 Å². The zero-order chi connectivity index (χ0) is 14.4. The van der Waals surface area contributed by atoms with Gasteiger partial charge in [-0.1, -0.05) is 24.3 Å². The van der Waals surface area contributed by atoms with E-state index in [1.807, 2.05) is 20.2 Å². The summed E-state index contributed by atoms with van der Waals surface area (Å²) in [6.07, 6.45) is 8.21. The number of likely N-dealkylation sites (N-methyl/N-ethyl adjacent to an activating group) is 1. The number of hydrogen-bond acceptors (Lipinski definition) is 2. The summed E-state index contributed by atoms with van der Waals surface area (Å²) in [5.74, 6) is 0.585. The maximum absolute atomic E-state index is 13.4. The van der Waals surface area contributed by atoms with Crippen molar-refractivity contribution in [3.05, 3.63) is 47.8 Å². The Hall–Kier alpha value is -1.19. The molecule has 2 atom stereocenters. The van der Waals surface area contributed by atoms with Crippen molar-refractivity contribution >= 4 is 0 Å². The average molecular weight is 276 g/mol. The Balaban J connectivity index is 1.88. The van der Waals surface area contributed by atoms with Crippen LogP contribution in [0.3, 0.4) is 0 Å². The molecule has 1 aliphatic rings. The van der Waals surface area contributed by atoms with Crippen molar-refractivity contribution in [3.8, 4) is 0 Å². The first-order valence-electron chi connectivity index (χ1n) is 7.44. The molecule has 1 aromatic carbocycles. The number of rotatable bonds is 6. The lowest BCUT2D eigenvalue weighted by molar-refractivity contribution is 0.281. The van der Waals surface area contributed by atoms with Crippen LogP contribution in [0.15, 0.2) is 36.4 Å². The highest BCUT2D eigenvalue weighted by Crippen LogP contribution is 2.20. The molecular weight excluding hydrogens is 251 g/mol. The molecule has 0 heterocycles. The van der Waals surface area contributed by atoms with E-state index in [4.69, 9.17) is 0 Å². The van der Waals surface area contributed by atoms with Crippen LogP contribution in [0.4, 0.5) is 4.39 Å². The average Bonchev–Trinajstić information content (AvgIpc) is 2.44. The van der Waals surface area contributed by atoms with E-state index in [1.165, 1.54) is 25.3 Å². The largest absolute Gasteiger partial charge is 0.315 e. The van der Waals surface area contributed by atoms with Crippen molar-refractivity contribution in [2.45, 2.75) is 25.3 Å². The third kappa shape index (κ3) is 4.43. The van der Waals surface area contributed by atoms with Crippen molar-refractivity contribution in [2.75, 3.05) is 27.2 Å². The summed E-state index contributed by atoms with van der Waals surface area (Å²) < 4.78 is 13.4. The molecule has 0 fully saturated rings. The molecule has 110 valence electrons. The highest BCUT2D eigenvalue weighted by Gasteiger charge is 2.15. The minimum atomic E-state index is -0.160. The second-order valence-corrected chi connectivity index (χ2v) is 5.84. The van der Waals surface area contributed by atoms with E-state index in [1.54, 1.807) is 12.1 Å². The molecular formula is C17H25FN2. The second kappa shape index (κ2) is 7.55.